The van der Waals surface area contributed by atoms with Crippen LogP contribution in [-0.4, -0.2) is 49.9 Å². The number of anilines is 1. The Labute approximate surface area is 129 Å². The Morgan fingerprint density at radius 2 is 1.91 bits per heavy atom. The van der Waals surface area contributed by atoms with Crippen LogP contribution >= 0.6 is 0 Å². The molecular weight excluding hydrogens is 285 g/mol. The van der Waals surface area contributed by atoms with E-state index in [0.29, 0.717) is 24.1 Å². The van der Waals surface area contributed by atoms with Crippen molar-refractivity contribution in [1.82, 2.24) is 10.2 Å². The lowest BCUT2D eigenvalue weighted by Crippen LogP contribution is -2.44. The molecule has 22 heavy (non-hydrogen) atoms. The Morgan fingerprint density at radius 3 is 2.55 bits per heavy atom. The summed E-state index contributed by atoms with van der Waals surface area (Å²) >= 11 is 0. The number of piperazine rings is 1. The van der Waals surface area contributed by atoms with Gasteiger partial charge in [0.2, 0.25) is 11.8 Å². The van der Waals surface area contributed by atoms with E-state index < -0.39 is 5.92 Å². The smallest absolute Gasteiger partial charge is 0.234 e. The summed E-state index contributed by atoms with van der Waals surface area (Å²) in [6, 6.07) is 4.99. The number of imide groups is 1. The Morgan fingerprint density at radius 1 is 1.18 bits per heavy atom. The highest BCUT2D eigenvalue weighted by molar-refractivity contribution is 6.00. The number of amides is 2. The van der Waals surface area contributed by atoms with Crippen molar-refractivity contribution in [2.24, 2.45) is 0 Å². The number of benzene rings is 1. The van der Waals surface area contributed by atoms with E-state index in [0.717, 1.165) is 26.2 Å². The van der Waals surface area contributed by atoms with Crippen LogP contribution in [0.25, 0.3) is 0 Å². The molecule has 1 aromatic rings. The summed E-state index contributed by atoms with van der Waals surface area (Å²) in [5.74, 6) is -1.32. The maximum Gasteiger partial charge on any atom is 0.234 e. The van der Waals surface area contributed by atoms with Gasteiger partial charge in [-0.1, -0.05) is 6.07 Å². The number of nitrogens with one attached hydrogen (secondary N) is 1. The molecule has 5 nitrogen and oxygen atoms in total. The zero-order valence-corrected chi connectivity index (χ0v) is 12.6. The molecule has 1 aromatic carbocycles. The van der Waals surface area contributed by atoms with Crippen LogP contribution in [0.3, 0.4) is 0 Å². The third-order valence-electron chi connectivity index (χ3n) is 4.46. The van der Waals surface area contributed by atoms with Crippen molar-refractivity contribution in [3.8, 4) is 0 Å². The lowest BCUT2D eigenvalue weighted by Gasteiger charge is -2.34. The summed E-state index contributed by atoms with van der Waals surface area (Å²) in [7, 11) is 2.06. The van der Waals surface area contributed by atoms with Gasteiger partial charge in [0.05, 0.1) is 11.6 Å². The van der Waals surface area contributed by atoms with E-state index in [1.165, 1.54) is 6.07 Å². The van der Waals surface area contributed by atoms with Crippen molar-refractivity contribution in [3.63, 3.8) is 0 Å². The lowest BCUT2D eigenvalue weighted by atomic mass is 9.90. The molecule has 0 aliphatic carbocycles. The molecule has 118 valence electrons. The Kier molecular flexibility index (Phi) is 4.11. The summed E-state index contributed by atoms with van der Waals surface area (Å²) < 4.78 is 14.4. The van der Waals surface area contributed by atoms with E-state index in [-0.39, 0.29) is 17.6 Å². The molecule has 2 saturated heterocycles. The van der Waals surface area contributed by atoms with Crippen molar-refractivity contribution in [1.29, 1.82) is 0 Å². The minimum absolute atomic E-state index is 0.254. The van der Waals surface area contributed by atoms with Crippen LogP contribution in [-0.2, 0) is 9.59 Å². The predicted molar refractivity (Wildman–Crippen MR) is 81.2 cm³/mol. The molecule has 1 unspecified atom stereocenters. The molecule has 0 spiro atoms. The van der Waals surface area contributed by atoms with Crippen LogP contribution in [0, 0.1) is 5.82 Å². The number of likely N-dealkylation sites (N-methyl/N-ethyl adjacent to an activating group) is 1. The van der Waals surface area contributed by atoms with Crippen molar-refractivity contribution in [2.75, 3.05) is 38.1 Å². The number of nitrogens with zero attached hydrogens (tertiary/aromatic N) is 2. The van der Waals surface area contributed by atoms with Gasteiger partial charge in [-0.2, -0.15) is 0 Å². The minimum atomic E-state index is -0.436. The second-order valence-electron chi connectivity index (χ2n) is 6.00. The molecule has 3 rings (SSSR count). The fraction of sp³-hybridized carbons (Fsp3) is 0.500. The first kappa shape index (κ1) is 15.0. The first-order valence-corrected chi connectivity index (χ1v) is 7.61. The number of rotatable bonds is 2. The largest absolute Gasteiger partial charge is 0.367 e. The molecule has 2 aliphatic heterocycles. The molecule has 1 N–H and O–H groups in total. The minimum Gasteiger partial charge on any atom is -0.367 e. The second kappa shape index (κ2) is 6.04. The molecular formula is C16H20FN3O2. The van der Waals surface area contributed by atoms with Gasteiger partial charge in [0, 0.05) is 32.6 Å². The summed E-state index contributed by atoms with van der Waals surface area (Å²) in [5, 5.41) is 2.31. The highest BCUT2D eigenvalue weighted by Crippen LogP contribution is 2.29. The van der Waals surface area contributed by atoms with Crippen LogP contribution in [0.4, 0.5) is 10.1 Å². The zero-order chi connectivity index (χ0) is 15.7. The van der Waals surface area contributed by atoms with Crippen molar-refractivity contribution in [2.45, 2.75) is 18.8 Å². The van der Waals surface area contributed by atoms with E-state index in [1.54, 1.807) is 12.1 Å². The molecule has 0 radical (unpaired) electrons. The SMILES string of the molecule is CN1CCN(c2ccc(C3CCC(=O)NC3=O)cc2F)CC1. The average molecular weight is 305 g/mol. The van der Waals surface area contributed by atoms with Gasteiger partial charge in [0.1, 0.15) is 5.82 Å². The number of piperidine rings is 1. The Hall–Kier alpha value is -1.95. The molecule has 0 saturated carbocycles. The number of carbonyl (C=O) groups is 2. The van der Waals surface area contributed by atoms with Gasteiger partial charge in [-0.15, -0.1) is 0 Å². The molecule has 1 atom stereocenters. The Balaban J connectivity index is 1.77. The van der Waals surface area contributed by atoms with Crippen LogP contribution in [0.15, 0.2) is 18.2 Å². The normalized spacial score (nSPS) is 23.5. The monoisotopic (exact) mass is 305 g/mol. The molecule has 2 heterocycles. The predicted octanol–water partition coefficient (Wildman–Crippen LogP) is 1.10. The molecule has 6 heteroatoms. The number of halogens is 1. The van der Waals surface area contributed by atoms with E-state index in [9.17, 15) is 14.0 Å². The topological polar surface area (TPSA) is 52.6 Å². The Bertz CT molecular complexity index is 597. The van der Waals surface area contributed by atoms with Crippen LogP contribution in [0.1, 0.15) is 24.3 Å². The van der Waals surface area contributed by atoms with E-state index in [1.807, 2.05) is 4.90 Å². The maximum atomic E-state index is 14.4. The highest BCUT2D eigenvalue weighted by Gasteiger charge is 2.29. The van der Waals surface area contributed by atoms with Crippen LogP contribution in [0.5, 0.6) is 0 Å². The van der Waals surface area contributed by atoms with Gasteiger partial charge >= 0.3 is 0 Å². The quantitative estimate of drug-likeness (QED) is 0.831. The van der Waals surface area contributed by atoms with Crippen LogP contribution in [0.2, 0.25) is 0 Å². The zero-order valence-electron chi connectivity index (χ0n) is 12.6. The molecule has 2 amide bonds. The summed E-state index contributed by atoms with van der Waals surface area (Å²) in [4.78, 5) is 27.3. The van der Waals surface area contributed by atoms with E-state index in [2.05, 4.69) is 17.3 Å². The van der Waals surface area contributed by atoms with Crippen molar-refractivity contribution < 1.29 is 14.0 Å². The summed E-state index contributed by atoms with van der Waals surface area (Å²) in [6.45, 7) is 3.42. The average Bonchev–Trinajstić information content (AvgIpc) is 2.48. The van der Waals surface area contributed by atoms with E-state index >= 15 is 0 Å². The van der Waals surface area contributed by atoms with Gasteiger partial charge < -0.3 is 9.80 Å². The summed E-state index contributed by atoms with van der Waals surface area (Å²) in [6.07, 6.45) is 0.746. The third kappa shape index (κ3) is 2.97. The van der Waals surface area contributed by atoms with Gasteiger partial charge in [0.15, 0.2) is 0 Å². The van der Waals surface area contributed by atoms with Gasteiger partial charge in [-0.25, -0.2) is 4.39 Å². The lowest BCUT2D eigenvalue weighted by molar-refractivity contribution is -0.134. The first-order valence-electron chi connectivity index (χ1n) is 7.61. The maximum absolute atomic E-state index is 14.4. The summed E-state index contributed by atoms with van der Waals surface area (Å²) in [5.41, 5.74) is 1.23. The molecule has 0 bridgehead atoms. The van der Waals surface area contributed by atoms with E-state index in [4.69, 9.17) is 0 Å². The number of hydrogen-bond donors (Lipinski definition) is 1. The number of carbonyl (C=O) groups excluding carboxylic acids is 2. The van der Waals surface area contributed by atoms with Crippen molar-refractivity contribution >= 4 is 17.5 Å². The standard InChI is InChI=1S/C16H20FN3O2/c1-19-6-8-20(9-7-19)14-4-2-11(10-13(14)17)12-3-5-15(21)18-16(12)22/h2,4,10,12H,3,5-9H2,1H3,(H,18,21,22). The molecule has 0 aromatic heterocycles. The second-order valence-corrected chi connectivity index (χ2v) is 6.00. The highest BCUT2D eigenvalue weighted by atomic mass is 19.1. The third-order valence-corrected chi connectivity index (χ3v) is 4.46. The first-order chi connectivity index (χ1) is 10.5. The molecule has 2 aliphatic rings. The fourth-order valence-electron chi connectivity index (χ4n) is 3.06. The van der Waals surface area contributed by atoms with Gasteiger partial charge in [-0.05, 0) is 31.2 Å². The van der Waals surface area contributed by atoms with Crippen molar-refractivity contribution in [3.05, 3.63) is 29.6 Å². The van der Waals surface area contributed by atoms with Gasteiger partial charge in [0.25, 0.3) is 0 Å². The number of hydrogen-bond acceptors (Lipinski definition) is 4. The van der Waals surface area contributed by atoms with Gasteiger partial charge in [-0.3, -0.25) is 14.9 Å². The fourth-order valence-corrected chi connectivity index (χ4v) is 3.06. The van der Waals surface area contributed by atoms with Crippen LogP contribution < -0.4 is 10.2 Å². The molecule has 2 fully saturated rings.